The lowest BCUT2D eigenvalue weighted by Crippen LogP contribution is -2.46. The normalized spacial score (nSPS) is 27.6. The van der Waals surface area contributed by atoms with Crippen molar-refractivity contribution in [2.45, 2.75) is 69.5 Å². The van der Waals surface area contributed by atoms with Crippen LogP contribution in [0.25, 0.3) is 0 Å². The van der Waals surface area contributed by atoms with Gasteiger partial charge in [0.1, 0.15) is 0 Å². The molecule has 1 aliphatic carbocycles. The van der Waals surface area contributed by atoms with Crippen molar-refractivity contribution in [2.24, 2.45) is 5.92 Å². The van der Waals surface area contributed by atoms with Gasteiger partial charge in [-0.05, 0) is 43.6 Å². The van der Waals surface area contributed by atoms with Gasteiger partial charge in [0.05, 0.1) is 11.2 Å². The molecule has 0 radical (unpaired) electrons. The summed E-state index contributed by atoms with van der Waals surface area (Å²) >= 11 is 0. The third-order valence-corrected chi connectivity index (χ3v) is 5.59. The molecule has 21 heavy (non-hydrogen) atoms. The summed E-state index contributed by atoms with van der Waals surface area (Å²) in [6.07, 6.45) is 8.79. The minimum atomic E-state index is -0.685. The van der Waals surface area contributed by atoms with Crippen molar-refractivity contribution in [3.8, 4) is 0 Å². The molecule has 1 spiro atoms. The Morgan fingerprint density at radius 1 is 1.24 bits per heavy atom. The van der Waals surface area contributed by atoms with E-state index in [2.05, 4.69) is 19.1 Å². The number of aliphatic hydroxyl groups is 1. The fourth-order valence-corrected chi connectivity index (χ4v) is 4.50. The zero-order valence-corrected chi connectivity index (χ0v) is 13.2. The molecule has 1 saturated carbocycles. The molecule has 3 rings (SSSR count). The van der Waals surface area contributed by atoms with E-state index < -0.39 is 5.60 Å². The Morgan fingerprint density at radius 2 is 1.95 bits per heavy atom. The number of rotatable bonds is 4. The van der Waals surface area contributed by atoms with Crippen LogP contribution in [0.1, 0.15) is 63.9 Å². The highest BCUT2D eigenvalue weighted by atomic mass is 16.5. The second-order valence-electron chi connectivity index (χ2n) is 6.97. The van der Waals surface area contributed by atoms with E-state index >= 15 is 0 Å². The fourth-order valence-electron chi connectivity index (χ4n) is 4.50. The van der Waals surface area contributed by atoms with Crippen molar-refractivity contribution in [1.82, 2.24) is 0 Å². The Morgan fingerprint density at radius 3 is 2.62 bits per heavy atom. The van der Waals surface area contributed by atoms with E-state index in [9.17, 15) is 5.11 Å². The van der Waals surface area contributed by atoms with E-state index in [0.717, 1.165) is 37.9 Å². The van der Waals surface area contributed by atoms with E-state index in [0.29, 0.717) is 5.92 Å². The highest BCUT2D eigenvalue weighted by Gasteiger charge is 2.47. The number of benzene rings is 1. The molecule has 0 amide bonds. The quantitative estimate of drug-likeness (QED) is 0.889. The summed E-state index contributed by atoms with van der Waals surface area (Å²) in [5, 5.41) is 11.5. The van der Waals surface area contributed by atoms with E-state index in [1.807, 2.05) is 18.2 Å². The third kappa shape index (κ3) is 2.89. The van der Waals surface area contributed by atoms with E-state index in [-0.39, 0.29) is 5.60 Å². The number of ether oxygens (including phenoxy) is 1. The molecule has 1 aromatic carbocycles. The molecule has 1 aromatic rings. The van der Waals surface area contributed by atoms with Gasteiger partial charge in [0.2, 0.25) is 0 Å². The second kappa shape index (κ2) is 6.10. The minimum absolute atomic E-state index is 0.0689. The lowest BCUT2D eigenvalue weighted by atomic mass is 9.70. The summed E-state index contributed by atoms with van der Waals surface area (Å²) < 4.78 is 6.15. The molecule has 0 bridgehead atoms. The van der Waals surface area contributed by atoms with Crippen molar-refractivity contribution in [2.75, 3.05) is 6.61 Å². The Bertz CT molecular complexity index is 450. The molecular weight excluding hydrogens is 260 g/mol. The summed E-state index contributed by atoms with van der Waals surface area (Å²) in [5.74, 6) is 0.326. The maximum absolute atomic E-state index is 11.5. The number of hydrogen-bond donors (Lipinski definition) is 1. The Balaban J connectivity index is 1.86. The molecule has 1 saturated heterocycles. The molecule has 2 fully saturated rings. The van der Waals surface area contributed by atoms with Crippen LogP contribution in [0.15, 0.2) is 30.3 Å². The molecule has 2 aliphatic rings. The molecule has 2 heteroatoms. The van der Waals surface area contributed by atoms with Crippen LogP contribution in [0.2, 0.25) is 0 Å². The molecule has 116 valence electrons. The van der Waals surface area contributed by atoms with Crippen LogP contribution in [0.3, 0.4) is 0 Å². The van der Waals surface area contributed by atoms with E-state index in [4.69, 9.17) is 4.74 Å². The van der Waals surface area contributed by atoms with Crippen LogP contribution in [0.5, 0.6) is 0 Å². The van der Waals surface area contributed by atoms with Crippen molar-refractivity contribution >= 4 is 0 Å². The minimum Gasteiger partial charge on any atom is -0.385 e. The summed E-state index contributed by atoms with van der Waals surface area (Å²) in [6, 6.07) is 10.3. The van der Waals surface area contributed by atoms with E-state index in [1.54, 1.807) is 0 Å². The van der Waals surface area contributed by atoms with Crippen LogP contribution < -0.4 is 0 Å². The van der Waals surface area contributed by atoms with Gasteiger partial charge in [-0.15, -0.1) is 0 Å². The first-order valence-corrected chi connectivity index (χ1v) is 8.60. The van der Waals surface area contributed by atoms with Gasteiger partial charge in [-0.1, -0.05) is 56.5 Å². The zero-order valence-electron chi connectivity index (χ0n) is 13.2. The van der Waals surface area contributed by atoms with Crippen molar-refractivity contribution in [3.63, 3.8) is 0 Å². The second-order valence-corrected chi connectivity index (χ2v) is 6.97. The molecule has 0 aromatic heterocycles. The fraction of sp³-hybridized carbons (Fsp3) is 0.684. The van der Waals surface area contributed by atoms with Gasteiger partial charge in [-0.2, -0.15) is 0 Å². The third-order valence-electron chi connectivity index (χ3n) is 5.59. The Hall–Kier alpha value is -0.860. The average Bonchev–Trinajstić information content (AvgIpc) is 2.96. The summed E-state index contributed by atoms with van der Waals surface area (Å²) in [7, 11) is 0. The predicted octanol–water partition coefficient (Wildman–Crippen LogP) is 4.41. The van der Waals surface area contributed by atoms with Crippen molar-refractivity contribution in [3.05, 3.63) is 35.9 Å². The van der Waals surface area contributed by atoms with Crippen molar-refractivity contribution < 1.29 is 9.84 Å². The van der Waals surface area contributed by atoms with Gasteiger partial charge in [0, 0.05) is 6.61 Å². The van der Waals surface area contributed by atoms with Crippen LogP contribution in [0.4, 0.5) is 0 Å². The Kier molecular flexibility index (Phi) is 4.37. The topological polar surface area (TPSA) is 29.5 Å². The van der Waals surface area contributed by atoms with Gasteiger partial charge >= 0.3 is 0 Å². The van der Waals surface area contributed by atoms with Gasteiger partial charge in [0.15, 0.2) is 0 Å². The SMILES string of the molecule is CCCC(O)(c1ccccc1)C1CCOC2(CCCC2)C1. The molecule has 2 unspecified atom stereocenters. The van der Waals surface area contributed by atoms with Crippen molar-refractivity contribution in [1.29, 1.82) is 0 Å². The smallest absolute Gasteiger partial charge is 0.0926 e. The average molecular weight is 288 g/mol. The van der Waals surface area contributed by atoms with Crippen LogP contribution in [-0.4, -0.2) is 17.3 Å². The number of hydrogen-bond acceptors (Lipinski definition) is 2. The predicted molar refractivity (Wildman–Crippen MR) is 85.1 cm³/mol. The van der Waals surface area contributed by atoms with Crippen LogP contribution in [-0.2, 0) is 10.3 Å². The molecule has 2 nitrogen and oxygen atoms in total. The summed E-state index contributed by atoms with van der Waals surface area (Å²) in [4.78, 5) is 0. The van der Waals surface area contributed by atoms with Gasteiger partial charge in [-0.25, -0.2) is 0 Å². The molecule has 1 N–H and O–H groups in total. The lowest BCUT2D eigenvalue weighted by Gasteiger charge is -2.45. The standard InChI is InChI=1S/C19H28O2/c1-2-11-19(20,16-8-4-3-5-9-16)17-10-14-21-18(15-17)12-6-7-13-18/h3-5,8-9,17,20H,2,6-7,10-15H2,1H3. The molecule has 1 aliphatic heterocycles. The Labute approximate surface area is 128 Å². The maximum Gasteiger partial charge on any atom is 0.0926 e. The highest BCUT2D eigenvalue weighted by molar-refractivity contribution is 5.24. The molecule has 1 heterocycles. The first kappa shape index (κ1) is 15.1. The largest absolute Gasteiger partial charge is 0.385 e. The monoisotopic (exact) mass is 288 g/mol. The first-order chi connectivity index (χ1) is 10.2. The van der Waals surface area contributed by atoms with Crippen LogP contribution >= 0.6 is 0 Å². The van der Waals surface area contributed by atoms with Gasteiger partial charge < -0.3 is 9.84 Å². The van der Waals surface area contributed by atoms with E-state index in [1.165, 1.54) is 25.7 Å². The van der Waals surface area contributed by atoms with Gasteiger partial charge in [0.25, 0.3) is 0 Å². The summed E-state index contributed by atoms with van der Waals surface area (Å²) in [5.41, 5.74) is 0.473. The molecular formula is C19H28O2. The molecule has 2 atom stereocenters. The van der Waals surface area contributed by atoms with Crippen LogP contribution in [0, 0.1) is 5.92 Å². The zero-order chi connectivity index (χ0) is 14.8. The highest BCUT2D eigenvalue weighted by Crippen LogP contribution is 2.48. The first-order valence-electron chi connectivity index (χ1n) is 8.60. The summed E-state index contributed by atoms with van der Waals surface area (Å²) in [6.45, 7) is 2.97. The lowest BCUT2D eigenvalue weighted by molar-refractivity contribution is -0.146. The maximum atomic E-state index is 11.5. The van der Waals surface area contributed by atoms with Gasteiger partial charge in [-0.3, -0.25) is 0 Å².